The van der Waals surface area contributed by atoms with Gasteiger partial charge in [-0.25, -0.2) is 4.79 Å². The summed E-state index contributed by atoms with van der Waals surface area (Å²) in [6.45, 7) is 1.70. The molecule has 6 heteroatoms. The summed E-state index contributed by atoms with van der Waals surface area (Å²) in [4.78, 5) is 11.1. The van der Waals surface area contributed by atoms with E-state index in [1.54, 1.807) is 25.1 Å². The molecule has 1 rings (SSSR count). The van der Waals surface area contributed by atoms with Crippen LogP contribution in [0.15, 0.2) is 18.2 Å². The molecule has 16 heavy (non-hydrogen) atoms. The number of hydrogen-bond donors (Lipinski definition) is 1. The highest BCUT2D eigenvalue weighted by molar-refractivity contribution is 6.42. The first-order valence-electron chi connectivity index (χ1n) is 4.34. The van der Waals surface area contributed by atoms with E-state index in [9.17, 15) is 4.79 Å². The highest BCUT2D eigenvalue weighted by Gasteiger charge is 2.12. The van der Waals surface area contributed by atoms with Gasteiger partial charge in [0, 0.05) is 5.69 Å². The second-order valence-electron chi connectivity index (χ2n) is 3.02. The monoisotopic (exact) mass is 283 g/mol. The first-order valence-corrected chi connectivity index (χ1v) is 5.09. The predicted octanol–water partition coefficient (Wildman–Crippen LogP) is 3.39. The summed E-state index contributed by atoms with van der Waals surface area (Å²) in [6.07, 6.45) is 0. The van der Waals surface area contributed by atoms with Gasteiger partial charge in [-0.2, -0.15) is 0 Å². The largest absolute Gasteiger partial charge is 0.467 e. The first kappa shape index (κ1) is 15.4. The highest BCUT2D eigenvalue weighted by atomic mass is 35.5. The molecular weight excluding hydrogens is 272 g/mol. The highest BCUT2D eigenvalue weighted by Crippen LogP contribution is 2.25. The second-order valence-corrected chi connectivity index (χ2v) is 3.83. The van der Waals surface area contributed by atoms with Gasteiger partial charge in [0.05, 0.1) is 17.2 Å². The molecule has 0 aliphatic heterocycles. The Morgan fingerprint density at radius 3 is 2.50 bits per heavy atom. The third-order valence-electron chi connectivity index (χ3n) is 1.86. The summed E-state index contributed by atoms with van der Waals surface area (Å²) in [6, 6.07) is 4.64. The summed E-state index contributed by atoms with van der Waals surface area (Å²) in [5, 5.41) is 3.87. The quantitative estimate of drug-likeness (QED) is 0.865. The minimum Gasteiger partial charge on any atom is -0.467 e. The minimum atomic E-state index is -0.424. The lowest BCUT2D eigenvalue weighted by Crippen LogP contribution is -2.27. The number of halogens is 3. The summed E-state index contributed by atoms with van der Waals surface area (Å²) >= 11 is 11.6. The summed E-state index contributed by atoms with van der Waals surface area (Å²) in [7, 11) is 1.34. The van der Waals surface area contributed by atoms with Crippen molar-refractivity contribution in [3.8, 4) is 0 Å². The standard InChI is InChI=1S/C10H11Cl2NO2.ClH/c1-6(10(14)15-2)13-7-3-4-8(11)9(12)5-7;/h3-6,13H,1-2H3;1H/t6-;/m0./s1. The summed E-state index contributed by atoms with van der Waals surface area (Å²) < 4.78 is 4.58. The maximum Gasteiger partial charge on any atom is 0.327 e. The van der Waals surface area contributed by atoms with Gasteiger partial charge in [-0.1, -0.05) is 23.2 Å². The lowest BCUT2D eigenvalue weighted by atomic mass is 10.2. The van der Waals surface area contributed by atoms with Crippen LogP contribution < -0.4 is 5.32 Å². The number of rotatable bonds is 3. The van der Waals surface area contributed by atoms with E-state index in [0.29, 0.717) is 10.0 Å². The van der Waals surface area contributed by atoms with E-state index in [4.69, 9.17) is 23.2 Å². The van der Waals surface area contributed by atoms with Crippen molar-refractivity contribution in [2.24, 2.45) is 0 Å². The maximum absolute atomic E-state index is 11.1. The van der Waals surface area contributed by atoms with Crippen molar-refractivity contribution in [3.63, 3.8) is 0 Å². The minimum absolute atomic E-state index is 0. The molecule has 0 heterocycles. The second kappa shape index (κ2) is 6.84. The van der Waals surface area contributed by atoms with Crippen molar-refractivity contribution in [1.29, 1.82) is 0 Å². The van der Waals surface area contributed by atoms with E-state index >= 15 is 0 Å². The third-order valence-corrected chi connectivity index (χ3v) is 2.60. The van der Waals surface area contributed by atoms with Crippen LogP contribution in [-0.2, 0) is 9.53 Å². The molecule has 0 radical (unpaired) electrons. The Hall–Kier alpha value is -0.640. The molecule has 0 unspecified atom stereocenters. The van der Waals surface area contributed by atoms with Crippen LogP contribution in [0.4, 0.5) is 5.69 Å². The average Bonchev–Trinajstić information content (AvgIpc) is 2.22. The lowest BCUT2D eigenvalue weighted by molar-refractivity contribution is -0.141. The zero-order chi connectivity index (χ0) is 11.4. The Morgan fingerprint density at radius 1 is 1.38 bits per heavy atom. The Balaban J connectivity index is 0.00000225. The molecule has 0 saturated carbocycles. The van der Waals surface area contributed by atoms with Crippen LogP contribution in [0.2, 0.25) is 10.0 Å². The molecule has 0 fully saturated rings. The van der Waals surface area contributed by atoms with Crippen molar-refractivity contribution in [1.82, 2.24) is 0 Å². The Kier molecular flexibility index (Phi) is 6.56. The van der Waals surface area contributed by atoms with Gasteiger partial charge in [-0.05, 0) is 25.1 Å². The summed E-state index contributed by atoms with van der Waals surface area (Å²) in [5.41, 5.74) is 0.724. The number of carbonyl (C=O) groups excluding carboxylic acids is 1. The van der Waals surface area contributed by atoms with Crippen molar-refractivity contribution in [2.75, 3.05) is 12.4 Å². The fourth-order valence-electron chi connectivity index (χ4n) is 1.07. The number of nitrogens with one attached hydrogen (secondary N) is 1. The molecule has 0 spiro atoms. The number of carbonyl (C=O) groups is 1. The predicted molar refractivity (Wildman–Crippen MR) is 68.8 cm³/mol. The Bertz CT molecular complexity index is 371. The van der Waals surface area contributed by atoms with Crippen LogP contribution in [0, 0.1) is 0 Å². The fraction of sp³-hybridized carbons (Fsp3) is 0.300. The molecular formula is C10H12Cl3NO2. The average molecular weight is 285 g/mol. The zero-order valence-corrected chi connectivity index (χ0v) is 11.1. The van der Waals surface area contributed by atoms with Crippen LogP contribution in [0.3, 0.4) is 0 Å². The van der Waals surface area contributed by atoms with Crippen LogP contribution in [0.1, 0.15) is 6.92 Å². The smallest absolute Gasteiger partial charge is 0.327 e. The Labute approximate surface area is 110 Å². The zero-order valence-electron chi connectivity index (χ0n) is 8.79. The number of hydrogen-bond acceptors (Lipinski definition) is 3. The topological polar surface area (TPSA) is 38.3 Å². The SMILES string of the molecule is COC(=O)[C@H](C)Nc1ccc(Cl)c(Cl)c1.Cl. The molecule has 0 amide bonds. The normalized spacial score (nSPS) is 11.2. The molecule has 0 aliphatic rings. The van der Waals surface area contributed by atoms with Gasteiger partial charge in [0.1, 0.15) is 6.04 Å². The lowest BCUT2D eigenvalue weighted by Gasteiger charge is -2.13. The molecule has 1 aromatic carbocycles. The molecule has 0 saturated heterocycles. The molecule has 0 aliphatic carbocycles. The Morgan fingerprint density at radius 2 is 2.00 bits per heavy atom. The van der Waals surface area contributed by atoms with Gasteiger partial charge in [-0.3, -0.25) is 0 Å². The van der Waals surface area contributed by atoms with E-state index in [1.165, 1.54) is 7.11 Å². The van der Waals surface area contributed by atoms with E-state index in [0.717, 1.165) is 5.69 Å². The van der Waals surface area contributed by atoms with Crippen LogP contribution in [0.25, 0.3) is 0 Å². The van der Waals surface area contributed by atoms with E-state index < -0.39 is 6.04 Å². The van der Waals surface area contributed by atoms with Crippen molar-refractivity contribution in [2.45, 2.75) is 13.0 Å². The number of benzene rings is 1. The fourth-order valence-corrected chi connectivity index (χ4v) is 1.37. The number of methoxy groups -OCH3 is 1. The van der Waals surface area contributed by atoms with Gasteiger partial charge in [0.15, 0.2) is 0 Å². The first-order chi connectivity index (χ1) is 7.04. The van der Waals surface area contributed by atoms with E-state index in [2.05, 4.69) is 10.1 Å². The van der Waals surface area contributed by atoms with Crippen LogP contribution >= 0.6 is 35.6 Å². The summed E-state index contributed by atoms with van der Waals surface area (Å²) in [5.74, 6) is -0.332. The van der Waals surface area contributed by atoms with Gasteiger partial charge < -0.3 is 10.1 Å². The molecule has 1 aromatic rings. The number of esters is 1. The van der Waals surface area contributed by atoms with Gasteiger partial charge in [0.2, 0.25) is 0 Å². The maximum atomic E-state index is 11.1. The van der Waals surface area contributed by atoms with E-state index in [-0.39, 0.29) is 18.4 Å². The van der Waals surface area contributed by atoms with Gasteiger partial charge >= 0.3 is 5.97 Å². The van der Waals surface area contributed by atoms with Crippen LogP contribution in [-0.4, -0.2) is 19.1 Å². The molecule has 3 nitrogen and oxygen atoms in total. The molecule has 1 atom stereocenters. The van der Waals surface area contributed by atoms with Crippen molar-refractivity contribution < 1.29 is 9.53 Å². The number of anilines is 1. The van der Waals surface area contributed by atoms with Crippen LogP contribution in [0.5, 0.6) is 0 Å². The molecule has 1 N–H and O–H groups in total. The van der Waals surface area contributed by atoms with Gasteiger partial charge in [-0.15, -0.1) is 12.4 Å². The molecule has 0 bridgehead atoms. The number of ether oxygens (including phenoxy) is 1. The third kappa shape index (κ3) is 4.08. The molecule has 0 aromatic heterocycles. The van der Waals surface area contributed by atoms with Gasteiger partial charge in [0.25, 0.3) is 0 Å². The van der Waals surface area contributed by atoms with Crippen molar-refractivity contribution in [3.05, 3.63) is 28.2 Å². The molecule has 90 valence electrons. The van der Waals surface area contributed by atoms with Crippen molar-refractivity contribution >= 4 is 47.3 Å². The van der Waals surface area contributed by atoms with E-state index in [1.807, 2.05) is 0 Å².